The highest BCUT2D eigenvalue weighted by Gasteiger charge is 2.15. The third-order valence-electron chi connectivity index (χ3n) is 4.40. The number of para-hydroxylation sites is 1. The second kappa shape index (κ2) is 10.5. The molecule has 0 unspecified atom stereocenters. The first-order valence-electron chi connectivity index (χ1n) is 9.62. The number of ether oxygens (including phenoxy) is 1. The quantitative estimate of drug-likeness (QED) is 0.181. The second-order valence-electron chi connectivity index (χ2n) is 6.91. The molecule has 2 N–H and O–H groups in total. The SMILES string of the molecule is Cc1cccc(C(=O)Oc2ccc(Br)cc2C=NNC(=O)C(=O)Nc2ccccc2C)c1. The van der Waals surface area contributed by atoms with Gasteiger partial charge in [-0.2, -0.15) is 5.10 Å². The van der Waals surface area contributed by atoms with Gasteiger partial charge in [-0.3, -0.25) is 9.59 Å². The molecular formula is C24H20BrN3O4. The van der Waals surface area contributed by atoms with E-state index in [4.69, 9.17) is 4.74 Å². The van der Waals surface area contributed by atoms with Crippen molar-refractivity contribution in [2.24, 2.45) is 5.10 Å². The first kappa shape index (κ1) is 22.9. The fraction of sp³-hybridized carbons (Fsp3) is 0.0833. The molecule has 0 aliphatic heterocycles. The number of hydrogen-bond acceptors (Lipinski definition) is 5. The Balaban J connectivity index is 1.68. The number of rotatable bonds is 5. The third-order valence-corrected chi connectivity index (χ3v) is 4.89. The summed E-state index contributed by atoms with van der Waals surface area (Å²) in [5.74, 6) is -2.05. The van der Waals surface area contributed by atoms with Crippen LogP contribution in [0.15, 0.2) is 76.3 Å². The molecule has 32 heavy (non-hydrogen) atoms. The van der Waals surface area contributed by atoms with Crippen molar-refractivity contribution in [3.8, 4) is 5.75 Å². The molecule has 3 aromatic carbocycles. The van der Waals surface area contributed by atoms with Gasteiger partial charge < -0.3 is 10.1 Å². The van der Waals surface area contributed by atoms with Crippen LogP contribution in [0.2, 0.25) is 0 Å². The fourth-order valence-corrected chi connectivity index (χ4v) is 3.13. The van der Waals surface area contributed by atoms with E-state index in [1.165, 1.54) is 6.21 Å². The van der Waals surface area contributed by atoms with Gasteiger partial charge in [-0.15, -0.1) is 0 Å². The monoisotopic (exact) mass is 493 g/mol. The number of amides is 2. The van der Waals surface area contributed by atoms with Gasteiger partial charge in [0.2, 0.25) is 0 Å². The summed E-state index contributed by atoms with van der Waals surface area (Å²) in [5.41, 5.74) is 5.31. The zero-order chi connectivity index (χ0) is 23.1. The predicted octanol–water partition coefficient (Wildman–Crippen LogP) is 4.37. The van der Waals surface area contributed by atoms with Gasteiger partial charge in [-0.25, -0.2) is 10.2 Å². The smallest absolute Gasteiger partial charge is 0.343 e. The summed E-state index contributed by atoms with van der Waals surface area (Å²) in [7, 11) is 0. The lowest BCUT2D eigenvalue weighted by Gasteiger charge is -2.09. The Labute approximate surface area is 193 Å². The molecule has 0 heterocycles. The molecule has 3 aromatic rings. The average Bonchev–Trinajstić information content (AvgIpc) is 2.77. The molecular weight excluding hydrogens is 474 g/mol. The Morgan fingerprint density at radius 3 is 2.47 bits per heavy atom. The van der Waals surface area contributed by atoms with Crippen LogP contribution in [0.4, 0.5) is 5.69 Å². The number of carbonyl (C=O) groups excluding carboxylic acids is 3. The highest BCUT2D eigenvalue weighted by molar-refractivity contribution is 9.10. The summed E-state index contributed by atoms with van der Waals surface area (Å²) >= 11 is 3.35. The molecule has 0 saturated heterocycles. The summed E-state index contributed by atoms with van der Waals surface area (Å²) in [6.07, 6.45) is 1.29. The minimum Gasteiger partial charge on any atom is -0.422 e. The van der Waals surface area contributed by atoms with E-state index in [9.17, 15) is 14.4 Å². The van der Waals surface area contributed by atoms with Gasteiger partial charge in [0.1, 0.15) is 5.75 Å². The Morgan fingerprint density at radius 1 is 0.938 bits per heavy atom. The highest BCUT2D eigenvalue weighted by atomic mass is 79.9. The van der Waals surface area contributed by atoms with Crippen molar-refractivity contribution in [2.75, 3.05) is 5.32 Å². The minimum atomic E-state index is -0.933. The predicted molar refractivity (Wildman–Crippen MR) is 126 cm³/mol. The van der Waals surface area contributed by atoms with Crippen molar-refractivity contribution in [1.29, 1.82) is 0 Å². The summed E-state index contributed by atoms with van der Waals surface area (Å²) in [4.78, 5) is 36.6. The molecule has 0 saturated carbocycles. The van der Waals surface area contributed by atoms with Crippen LogP contribution < -0.4 is 15.5 Å². The number of benzene rings is 3. The molecule has 0 aromatic heterocycles. The van der Waals surface area contributed by atoms with Crippen molar-refractivity contribution < 1.29 is 19.1 Å². The number of aryl methyl sites for hydroxylation is 2. The number of hydrogen-bond donors (Lipinski definition) is 2. The lowest BCUT2D eigenvalue weighted by atomic mass is 10.1. The van der Waals surface area contributed by atoms with Crippen LogP contribution in [0.1, 0.15) is 27.0 Å². The van der Waals surface area contributed by atoms with Crippen molar-refractivity contribution >= 4 is 45.6 Å². The minimum absolute atomic E-state index is 0.252. The Bertz CT molecular complexity index is 1210. The zero-order valence-corrected chi connectivity index (χ0v) is 19.0. The van der Waals surface area contributed by atoms with Gasteiger partial charge in [-0.05, 0) is 55.8 Å². The van der Waals surface area contributed by atoms with Gasteiger partial charge in [0.25, 0.3) is 0 Å². The van der Waals surface area contributed by atoms with Gasteiger partial charge in [0.15, 0.2) is 0 Å². The van der Waals surface area contributed by atoms with E-state index in [1.807, 2.05) is 32.0 Å². The van der Waals surface area contributed by atoms with Gasteiger partial charge in [0, 0.05) is 15.7 Å². The largest absolute Gasteiger partial charge is 0.422 e. The molecule has 0 aliphatic rings. The second-order valence-corrected chi connectivity index (χ2v) is 7.82. The Hall–Kier alpha value is -3.78. The maximum Gasteiger partial charge on any atom is 0.343 e. The van der Waals surface area contributed by atoms with Crippen molar-refractivity contribution in [3.05, 3.63) is 93.5 Å². The summed E-state index contributed by atoms with van der Waals surface area (Å²) in [6, 6.07) is 19.1. The average molecular weight is 494 g/mol. The maximum atomic E-state index is 12.5. The van der Waals surface area contributed by atoms with E-state index in [-0.39, 0.29) is 5.75 Å². The number of esters is 1. The number of halogens is 1. The van der Waals surface area contributed by atoms with Crippen LogP contribution in [-0.2, 0) is 9.59 Å². The lowest BCUT2D eigenvalue weighted by molar-refractivity contribution is -0.136. The fourth-order valence-electron chi connectivity index (χ4n) is 2.75. The third kappa shape index (κ3) is 6.12. The molecule has 3 rings (SSSR count). The molecule has 0 radical (unpaired) electrons. The van der Waals surface area contributed by atoms with Crippen LogP contribution in [0, 0.1) is 13.8 Å². The molecule has 0 spiro atoms. The van der Waals surface area contributed by atoms with E-state index >= 15 is 0 Å². The van der Waals surface area contributed by atoms with Crippen LogP contribution in [-0.4, -0.2) is 24.0 Å². The number of hydrazone groups is 1. The number of anilines is 1. The molecule has 8 heteroatoms. The zero-order valence-electron chi connectivity index (χ0n) is 17.4. The molecule has 7 nitrogen and oxygen atoms in total. The number of nitrogens with zero attached hydrogens (tertiary/aromatic N) is 1. The van der Waals surface area contributed by atoms with Crippen molar-refractivity contribution in [3.63, 3.8) is 0 Å². The number of carbonyl (C=O) groups is 3. The molecule has 162 valence electrons. The highest BCUT2D eigenvalue weighted by Crippen LogP contribution is 2.23. The van der Waals surface area contributed by atoms with Crippen LogP contribution in [0.3, 0.4) is 0 Å². The standard InChI is InChI=1S/C24H20BrN3O4/c1-15-6-5-8-17(12-15)24(31)32-21-11-10-19(25)13-18(21)14-26-28-23(30)22(29)27-20-9-4-3-7-16(20)2/h3-14H,1-2H3,(H,27,29)(H,28,30). The van der Waals surface area contributed by atoms with E-state index in [0.29, 0.717) is 16.8 Å². The molecule has 2 amide bonds. The van der Waals surface area contributed by atoms with Crippen LogP contribution in [0.5, 0.6) is 5.75 Å². The van der Waals surface area contributed by atoms with Gasteiger partial charge >= 0.3 is 17.8 Å². The Kier molecular flexibility index (Phi) is 7.51. The van der Waals surface area contributed by atoms with Crippen LogP contribution in [0.25, 0.3) is 0 Å². The van der Waals surface area contributed by atoms with Crippen molar-refractivity contribution in [1.82, 2.24) is 5.43 Å². The Morgan fingerprint density at radius 2 is 1.72 bits per heavy atom. The summed E-state index contributed by atoms with van der Waals surface area (Å²) in [5, 5.41) is 6.35. The number of nitrogens with one attached hydrogen (secondary N) is 2. The molecule has 0 fully saturated rings. The maximum absolute atomic E-state index is 12.5. The lowest BCUT2D eigenvalue weighted by Crippen LogP contribution is -2.32. The van der Waals surface area contributed by atoms with Gasteiger partial charge in [-0.1, -0.05) is 51.8 Å². The first-order valence-corrected chi connectivity index (χ1v) is 10.4. The van der Waals surface area contributed by atoms with Gasteiger partial charge in [0.05, 0.1) is 11.8 Å². The topological polar surface area (TPSA) is 96.9 Å². The van der Waals surface area contributed by atoms with E-state index in [0.717, 1.165) is 15.6 Å². The molecule has 0 aliphatic carbocycles. The van der Waals surface area contributed by atoms with E-state index < -0.39 is 17.8 Å². The first-order chi connectivity index (χ1) is 15.3. The normalized spacial score (nSPS) is 10.6. The van der Waals surface area contributed by atoms with Crippen LogP contribution >= 0.6 is 15.9 Å². The summed E-state index contributed by atoms with van der Waals surface area (Å²) < 4.78 is 6.22. The van der Waals surface area contributed by atoms with E-state index in [2.05, 4.69) is 31.8 Å². The molecule has 0 atom stereocenters. The summed E-state index contributed by atoms with van der Waals surface area (Å²) in [6.45, 7) is 3.70. The molecule has 0 bridgehead atoms. The van der Waals surface area contributed by atoms with E-state index in [1.54, 1.807) is 48.5 Å². The van der Waals surface area contributed by atoms with Crippen molar-refractivity contribution in [2.45, 2.75) is 13.8 Å².